The van der Waals surface area contributed by atoms with Gasteiger partial charge in [-0.3, -0.25) is 0 Å². The quantitative estimate of drug-likeness (QED) is 0.706. The van der Waals surface area contributed by atoms with Crippen LogP contribution in [0.2, 0.25) is 0 Å². The van der Waals surface area contributed by atoms with Gasteiger partial charge in [-0.1, -0.05) is 43.9 Å². The Morgan fingerprint density at radius 3 is 2.43 bits per heavy atom. The molecule has 0 aromatic rings. The predicted octanol–water partition coefficient (Wildman–Crippen LogP) is 3.69. The molecule has 14 heavy (non-hydrogen) atoms. The first-order chi connectivity index (χ1) is 6.70. The predicted molar refractivity (Wildman–Crippen MR) is 63.6 cm³/mol. The van der Waals surface area contributed by atoms with Gasteiger partial charge in [0.05, 0.1) is 0 Å². The van der Waals surface area contributed by atoms with Crippen molar-refractivity contribution in [1.82, 2.24) is 5.32 Å². The maximum atomic E-state index is 5.74. The smallest absolute Gasteiger partial charge is 0.0310 e. The topological polar surface area (TPSA) is 12.0 Å². The molecule has 1 rings (SSSR count). The molecule has 0 spiro atoms. The van der Waals surface area contributed by atoms with E-state index in [0.29, 0.717) is 11.1 Å². The Kier molecular flexibility index (Phi) is 5.57. The lowest BCUT2D eigenvalue weighted by Gasteiger charge is -2.23. The Hall–Kier alpha value is -0.0100. The van der Waals surface area contributed by atoms with Gasteiger partial charge in [0.2, 0.25) is 0 Å². The Morgan fingerprint density at radius 2 is 1.93 bits per heavy atom. The minimum atomic E-state index is 0.587. The molecule has 1 fully saturated rings. The molecule has 0 aliphatic heterocycles. The lowest BCUT2D eigenvalue weighted by molar-refractivity contribution is 0.346. The molecule has 0 heterocycles. The van der Waals surface area contributed by atoms with Crippen LogP contribution in [0.25, 0.3) is 0 Å². The van der Waals surface area contributed by atoms with Crippen LogP contribution in [-0.4, -0.2) is 12.6 Å². The molecule has 0 radical (unpaired) electrons. The number of hydrogen-bond acceptors (Lipinski definition) is 1. The molecule has 2 heteroatoms. The van der Waals surface area contributed by atoms with Crippen molar-refractivity contribution in [3.63, 3.8) is 0 Å². The second-order valence-corrected chi connectivity index (χ2v) is 4.97. The summed E-state index contributed by atoms with van der Waals surface area (Å²) < 4.78 is 0. The molecule has 1 nitrogen and oxygen atoms in total. The second kappa shape index (κ2) is 6.47. The van der Waals surface area contributed by atoms with Crippen molar-refractivity contribution in [3.05, 3.63) is 11.6 Å². The number of rotatable bonds is 4. The monoisotopic (exact) mass is 215 g/mol. The summed E-state index contributed by atoms with van der Waals surface area (Å²) >= 11 is 5.74. The van der Waals surface area contributed by atoms with Crippen molar-refractivity contribution in [1.29, 1.82) is 0 Å². The van der Waals surface area contributed by atoms with Crippen LogP contribution in [0.15, 0.2) is 11.6 Å². The van der Waals surface area contributed by atoms with Crippen LogP contribution >= 0.6 is 11.6 Å². The molecular formula is C12H22ClN. The molecular weight excluding hydrogens is 194 g/mol. The SMILES string of the molecule is C=C(Cl)CN[C@H](C)C1CCCCCC1. The molecule has 0 saturated heterocycles. The van der Waals surface area contributed by atoms with E-state index in [1.165, 1.54) is 38.5 Å². The summed E-state index contributed by atoms with van der Waals surface area (Å²) in [7, 11) is 0. The van der Waals surface area contributed by atoms with Crippen molar-refractivity contribution in [2.24, 2.45) is 5.92 Å². The summed E-state index contributed by atoms with van der Waals surface area (Å²) in [5.41, 5.74) is 0. The highest BCUT2D eigenvalue weighted by molar-refractivity contribution is 6.29. The summed E-state index contributed by atoms with van der Waals surface area (Å²) in [4.78, 5) is 0. The van der Waals surface area contributed by atoms with Gasteiger partial charge in [0.15, 0.2) is 0 Å². The molecule has 0 aromatic heterocycles. The minimum absolute atomic E-state index is 0.587. The van der Waals surface area contributed by atoms with Gasteiger partial charge in [0.25, 0.3) is 0 Å². The van der Waals surface area contributed by atoms with E-state index >= 15 is 0 Å². The van der Waals surface area contributed by atoms with Gasteiger partial charge >= 0.3 is 0 Å². The fourth-order valence-electron chi connectivity index (χ4n) is 2.25. The fourth-order valence-corrected chi connectivity index (χ4v) is 2.33. The van der Waals surface area contributed by atoms with Gasteiger partial charge in [-0.05, 0) is 25.7 Å². The average molecular weight is 216 g/mol. The van der Waals surface area contributed by atoms with E-state index < -0.39 is 0 Å². The average Bonchev–Trinajstić information content (AvgIpc) is 2.42. The first kappa shape index (κ1) is 12.1. The van der Waals surface area contributed by atoms with Crippen LogP contribution in [0, 0.1) is 5.92 Å². The standard InChI is InChI=1S/C12H22ClN/c1-10(13)9-14-11(2)12-7-5-3-4-6-8-12/h11-12,14H,1,3-9H2,2H3/t11-/m1/s1. The van der Waals surface area contributed by atoms with Gasteiger partial charge in [-0.2, -0.15) is 0 Å². The Labute approximate surface area is 92.9 Å². The summed E-state index contributed by atoms with van der Waals surface area (Å²) in [5.74, 6) is 0.841. The van der Waals surface area contributed by atoms with E-state index in [0.717, 1.165) is 12.5 Å². The number of hydrogen-bond donors (Lipinski definition) is 1. The normalized spacial score (nSPS) is 21.6. The summed E-state index contributed by atoms with van der Waals surface area (Å²) in [6.07, 6.45) is 8.40. The number of nitrogens with one attached hydrogen (secondary N) is 1. The van der Waals surface area contributed by atoms with Crippen LogP contribution in [-0.2, 0) is 0 Å². The van der Waals surface area contributed by atoms with Gasteiger partial charge in [-0.25, -0.2) is 0 Å². The van der Waals surface area contributed by atoms with Crippen molar-refractivity contribution in [2.45, 2.75) is 51.5 Å². The Balaban J connectivity index is 2.26. The maximum absolute atomic E-state index is 5.74. The minimum Gasteiger partial charge on any atom is -0.309 e. The van der Waals surface area contributed by atoms with E-state index in [2.05, 4.69) is 18.8 Å². The summed E-state index contributed by atoms with van der Waals surface area (Å²) in [6.45, 7) is 6.72. The van der Waals surface area contributed by atoms with Gasteiger partial charge in [0, 0.05) is 17.6 Å². The van der Waals surface area contributed by atoms with E-state index in [1.807, 2.05) is 0 Å². The highest BCUT2D eigenvalue weighted by Gasteiger charge is 2.18. The molecule has 0 bridgehead atoms. The molecule has 0 amide bonds. The fraction of sp³-hybridized carbons (Fsp3) is 0.833. The molecule has 1 aliphatic carbocycles. The lowest BCUT2D eigenvalue weighted by Crippen LogP contribution is -2.34. The lowest BCUT2D eigenvalue weighted by atomic mass is 9.93. The Morgan fingerprint density at radius 1 is 1.36 bits per heavy atom. The van der Waals surface area contributed by atoms with Gasteiger partial charge in [0.1, 0.15) is 0 Å². The third kappa shape index (κ3) is 4.47. The van der Waals surface area contributed by atoms with Crippen LogP contribution < -0.4 is 5.32 Å². The maximum Gasteiger partial charge on any atom is 0.0310 e. The molecule has 0 aromatic carbocycles. The van der Waals surface area contributed by atoms with Crippen LogP contribution in [0.4, 0.5) is 0 Å². The van der Waals surface area contributed by atoms with E-state index in [4.69, 9.17) is 11.6 Å². The molecule has 1 atom stereocenters. The summed E-state index contributed by atoms with van der Waals surface area (Å²) in [5, 5.41) is 4.16. The third-order valence-corrected chi connectivity index (χ3v) is 3.36. The molecule has 0 unspecified atom stereocenters. The van der Waals surface area contributed by atoms with E-state index in [-0.39, 0.29) is 0 Å². The zero-order valence-electron chi connectivity index (χ0n) is 9.19. The van der Waals surface area contributed by atoms with Gasteiger partial charge in [-0.15, -0.1) is 0 Å². The second-order valence-electron chi connectivity index (χ2n) is 4.44. The van der Waals surface area contributed by atoms with E-state index in [1.54, 1.807) is 0 Å². The van der Waals surface area contributed by atoms with Crippen molar-refractivity contribution in [3.8, 4) is 0 Å². The highest BCUT2D eigenvalue weighted by Crippen LogP contribution is 2.25. The third-order valence-electron chi connectivity index (χ3n) is 3.22. The molecule has 1 saturated carbocycles. The van der Waals surface area contributed by atoms with E-state index in [9.17, 15) is 0 Å². The van der Waals surface area contributed by atoms with Crippen LogP contribution in [0.1, 0.15) is 45.4 Å². The van der Waals surface area contributed by atoms with Crippen molar-refractivity contribution in [2.75, 3.05) is 6.54 Å². The zero-order chi connectivity index (χ0) is 10.4. The largest absolute Gasteiger partial charge is 0.309 e. The Bertz CT molecular complexity index is 171. The van der Waals surface area contributed by atoms with Gasteiger partial charge < -0.3 is 5.32 Å². The first-order valence-corrected chi connectivity index (χ1v) is 6.14. The first-order valence-electron chi connectivity index (χ1n) is 5.77. The molecule has 1 N–H and O–H groups in total. The van der Waals surface area contributed by atoms with Crippen LogP contribution in [0.3, 0.4) is 0 Å². The number of halogens is 1. The summed E-state index contributed by atoms with van der Waals surface area (Å²) in [6, 6.07) is 0.587. The molecule has 82 valence electrons. The molecule has 1 aliphatic rings. The van der Waals surface area contributed by atoms with Crippen molar-refractivity contribution < 1.29 is 0 Å². The zero-order valence-corrected chi connectivity index (χ0v) is 9.95. The van der Waals surface area contributed by atoms with Crippen molar-refractivity contribution >= 4 is 11.6 Å². The highest BCUT2D eigenvalue weighted by atomic mass is 35.5. The van der Waals surface area contributed by atoms with Crippen LogP contribution in [0.5, 0.6) is 0 Å².